The zero-order valence-electron chi connectivity index (χ0n) is 15.7. The van der Waals surface area contributed by atoms with Crippen molar-refractivity contribution < 1.29 is 23.8 Å². The number of carbonyl (C=O) groups is 2. The van der Waals surface area contributed by atoms with Crippen LogP contribution in [0.2, 0.25) is 0 Å². The van der Waals surface area contributed by atoms with Crippen molar-refractivity contribution in [3.63, 3.8) is 0 Å². The summed E-state index contributed by atoms with van der Waals surface area (Å²) in [4.78, 5) is 24.0. The van der Waals surface area contributed by atoms with Gasteiger partial charge in [-0.3, -0.25) is 4.79 Å². The van der Waals surface area contributed by atoms with E-state index in [4.69, 9.17) is 14.2 Å². The number of carbonyl (C=O) groups excluding carboxylic acids is 2. The first-order chi connectivity index (χ1) is 13.1. The third-order valence-electron chi connectivity index (χ3n) is 3.89. The Hall–Kier alpha value is -2.86. The third-order valence-corrected chi connectivity index (χ3v) is 3.89. The molecule has 0 aliphatic heterocycles. The highest BCUT2D eigenvalue weighted by Gasteiger charge is 2.13. The van der Waals surface area contributed by atoms with Crippen molar-refractivity contribution in [2.24, 2.45) is 0 Å². The van der Waals surface area contributed by atoms with Gasteiger partial charge in [0.05, 0.1) is 19.3 Å². The molecule has 0 atom stereocenters. The maximum atomic E-state index is 12.2. The van der Waals surface area contributed by atoms with Crippen LogP contribution in [0.1, 0.15) is 28.4 Å². The fourth-order valence-corrected chi connectivity index (χ4v) is 2.49. The zero-order chi connectivity index (χ0) is 19.5. The fourth-order valence-electron chi connectivity index (χ4n) is 2.49. The van der Waals surface area contributed by atoms with Gasteiger partial charge >= 0.3 is 5.97 Å². The van der Waals surface area contributed by atoms with Gasteiger partial charge in [0, 0.05) is 18.7 Å². The SMILES string of the molecule is CCOCc1cc(C(=O)OCC(=O)NCCc2ccccc2)ccc1OC. The van der Waals surface area contributed by atoms with Gasteiger partial charge in [0.1, 0.15) is 5.75 Å². The van der Waals surface area contributed by atoms with Crippen molar-refractivity contribution in [1.29, 1.82) is 0 Å². The Labute approximate surface area is 159 Å². The molecule has 0 aliphatic carbocycles. The number of esters is 1. The molecular formula is C21H25NO5. The van der Waals surface area contributed by atoms with E-state index in [0.717, 1.165) is 17.5 Å². The minimum atomic E-state index is -0.561. The number of nitrogens with one attached hydrogen (secondary N) is 1. The average molecular weight is 371 g/mol. The van der Waals surface area contributed by atoms with Gasteiger partial charge in [-0.1, -0.05) is 30.3 Å². The first-order valence-corrected chi connectivity index (χ1v) is 8.86. The van der Waals surface area contributed by atoms with Crippen molar-refractivity contribution in [2.75, 3.05) is 26.9 Å². The number of methoxy groups -OCH3 is 1. The van der Waals surface area contributed by atoms with Crippen LogP contribution in [0.5, 0.6) is 5.75 Å². The van der Waals surface area contributed by atoms with Gasteiger partial charge in [-0.15, -0.1) is 0 Å². The fraction of sp³-hybridized carbons (Fsp3) is 0.333. The Bertz CT molecular complexity index is 745. The summed E-state index contributed by atoms with van der Waals surface area (Å²) in [5, 5.41) is 2.74. The highest BCUT2D eigenvalue weighted by Crippen LogP contribution is 2.21. The molecule has 0 aromatic heterocycles. The van der Waals surface area contributed by atoms with E-state index >= 15 is 0 Å². The predicted molar refractivity (Wildman–Crippen MR) is 102 cm³/mol. The topological polar surface area (TPSA) is 73.9 Å². The number of hydrogen-bond donors (Lipinski definition) is 1. The molecule has 6 heteroatoms. The van der Waals surface area contributed by atoms with E-state index in [1.165, 1.54) is 0 Å². The largest absolute Gasteiger partial charge is 0.496 e. The molecule has 144 valence electrons. The lowest BCUT2D eigenvalue weighted by Gasteiger charge is -2.11. The number of amides is 1. The van der Waals surface area contributed by atoms with E-state index in [2.05, 4.69) is 5.32 Å². The molecule has 1 amide bonds. The average Bonchev–Trinajstić information content (AvgIpc) is 2.71. The lowest BCUT2D eigenvalue weighted by molar-refractivity contribution is -0.124. The summed E-state index contributed by atoms with van der Waals surface area (Å²) in [7, 11) is 1.56. The van der Waals surface area contributed by atoms with E-state index in [1.807, 2.05) is 37.3 Å². The van der Waals surface area contributed by atoms with Crippen LogP contribution in [0.4, 0.5) is 0 Å². The Morgan fingerprint density at radius 1 is 1.07 bits per heavy atom. The van der Waals surface area contributed by atoms with Crippen molar-refractivity contribution in [3.05, 3.63) is 65.2 Å². The second-order valence-electron chi connectivity index (χ2n) is 5.83. The summed E-state index contributed by atoms with van der Waals surface area (Å²) >= 11 is 0. The number of benzene rings is 2. The van der Waals surface area contributed by atoms with Crippen LogP contribution >= 0.6 is 0 Å². The summed E-state index contributed by atoms with van der Waals surface area (Å²) in [5.41, 5.74) is 2.23. The molecule has 2 aromatic carbocycles. The van der Waals surface area contributed by atoms with E-state index in [0.29, 0.717) is 31.1 Å². The molecule has 27 heavy (non-hydrogen) atoms. The Kier molecular flexibility index (Phi) is 8.32. The number of hydrogen-bond acceptors (Lipinski definition) is 5. The molecule has 0 spiro atoms. The molecule has 2 aromatic rings. The normalized spacial score (nSPS) is 10.3. The molecule has 0 aliphatic rings. The van der Waals surface area contributed by atoms with Crippen LogP contribution in [0.3, 0.4) is 0 Å². The summed E-state index contributed by atoms with van der Waals surface area (Å²) in [6, 6.07) is 14.8. The summed E-state index contributed by atoms with van der Waals surface area (Å²) < 4.78 is 15.7. The minimum Gasteiger partial charge on any atom is -0.496 e. The van der Waals surface area contributed by atoms with Gasteiger partial charge in [-0.25, -0.2) is 4.79 Å². The van der Waals surface area contributed by atoms with Crippen LogP contribution < -0.4 is 10.1 Å². The molecule has 1 N–H and O–H groups in total. The summed E-state index contributed by atoms with van der Waals surface area (Å²) in [6.45, 7) is 2.95. The molecule has 0 unspecified atom stereocenters. The molecule has 0 saturated carbocycles. The van der Waals surface area contributed by atoms with E-state index < -0.39 is 5.97 Å². The summed E-state index contributed by atoms with van der Waals surface area (Å²) in [5.74, 6) is -0.255. The lowest BCUT2D eigenvalue weighted by Crippen LogP contribution is -2.30. The quantitative estimate of drug-likeness (QED) is 0.650. The molecule has 0 heterocycles. The lowest BCUT2D eigenvalue weighted by atomic mass is 10.1. The monoisotopic (exact) mass is 371 g/mol. The zero-order valence-corrected chi connectivity index (χ0v) is 15.7. The van der Waals surface area contributed by atoms with Gasteiger partial charge in [0.25, 0.3) is 5.91 Å². The first-order valence-electron chi connectivity index (χ1n) is 8.86. The maximum absolute atomic E-state index is 12.2. The molecule has 0 radical (unpaired) electrons. The van der Waals surface area contributed by atoms with E-state index in [1.54, 1.807) is 25.3 Å². The minimum absolute atomic E-state index is 0.319. The second-order valence-corrected chi connectivity index (χ2v) is 5.83. The highest BCUT2D eigenvalue weighted by atomic mass is 16.5. The number of rotatable bonds is 10. The second kappa shape index (κ2) is 11.0. The first kappa shape index (κ1) is 20.5. The van der Waals surface area contributed by atoms with Gasteiger partial charge in [-0.05, 0) is 37.1 Å². The van der Waals surface area contributed by atoms with Gasteiger partial charge in [0.15, 0.2) is 6.61 Å². The third kappa shape index (κ3) is 6.75. The van der Waals surface area contributed by atoms with E-state index in [-0.39, 0.29) is 12.5 Å². The van der Waals surface area contributed by atoms with Crippen LogP contribution in [-0.4, -0.2) is 38.7 Å². The predicted octanol–water partition coefficient (Wildman–Crippen LogP) is 2.75. The van der Waals surface area contributed by atoms with E-state index in [9.17, 15) is 9.59 Å². The standard InChI is InChI=1S/C21H25NO5/c1-3-26-14-18-13-17(9-10-19(18)25-2)21(24)27-15-20(23)22-12-11-16-7-5-4-6-8-16/h4-10,13H,3,11-12,14-15H2,1-2H3,(H,22,23). The molecule has 6 nitrogen and oxygen atoms in total. The number of ether oxygens (including phenoxy) is 3. The van der Waals surface area contributed by atoms with Crippen LogP contribution in [0.25, 0.3) is 0 Å². The molecule has 0 saturated heterocycles. The van der Waals surface area contributed by atoms with Crippen LogP contribution in [-0.2, 0) is 27.3 Å². The van der Waals surface area contributed by atoms with Crippen LogP contribution in [0, 0.1) is 0 Å². The molecular weight excluding hydrogens is 346 g/mol. The highest BCUT2D eigenvalue weighted by molar-refractivity contribution is 5.91. The Morgan fingerprint density at radius 2 is 1.85 bits per heavy atom. The molecule has 2 rings (SSSR count). The van der Waals surface area contributed by atoms with Crippen molar-refractivity contribution >= 4 is 11.9 Å². The smallest absolute Gasteiger partial charge is 0.338 e. The van der Waals surface area contributed by atoms with Crippen LogP contribution in [0.15, 0.2) is 48.5 Å². The van der Waals surface area contributed by atoms with Gasteiger partial charge < -0.3 is 19.5 Å². The van der Waals surface area contributed by atoms with Crippen molar-refractivity contribution in [1.82, 2.24) is 5.32 Å². The Morgan fingerprint density at radius 3 is 2.56 bits per heavy atom. The van der Waals surface area contributed by atoms with Crippen molar-refractivity contribution in [2.45, 2.75) is 20.0 Å². The summed E-state index contributed by atoms with van der Waals surface area (Å²) in [6.07, 6.45) is 0.722. The molecule has 0 bridgehead atoms. The molecule has 0 fully saturated rings. The Balaban J connectivity index is 1.81. The van der Waals surface area contributed by atoms with Gasteiger partial charge in [-0.2, -0.15) is 0 Å². The maximum Gasteiger partial charge on any atom is 0.338 e. The van der Waals surface area contributed by atoms with Crippen molar-refractivity contribution in [3.8, 4) is 5.75 Å². The van der Waals surface area contributed by atoms with Gasteiger partial charge in [0.2, 0.25) is 0 Å².